The lowest BCUT2D eigenvalue weighted by atomic mass is 10.2. The standard InChI is InChI=1S/C14H12BrIS/c1-2-10-3-5-11(6-4-10)17-12-7-8-13(15)14(16)9-12/h3-9H,2H2,1H3. The molecule has 0 aliphatic heterocycles. The fourth-order valence-electron chi connectivity index (χ4n) is 1.47. The first kappa shape index (κ1) is 13.4. The molecule has 2 aromatic carbocycles. The molecule has 0 aromatic heterocycles. The normalized spacial score (nSPS) is 10.5. The van der Waals surface area contributed by atoms with Gasteiger partial charge in [0.25, 0.3) is 0 Å². The maximum Gasteiger partial charge on any atom is 0.0309 e. The van der Waals surface area contributed by atoms with Gasteiger partial charge in [-0.15, -0.1) is 0 Å². The highest BCUT2D eigenvalue weighted by atomic mass is 127. The van der Waals surface area contributed by atoms with Crippen molar-refractivity contribution in [2.75, 3.05) is 0 Å². The molecule has 0 heterocycles. The summed E-state index contributed by atoms with van der Waals surface area (Å²) in [4.78, 5) is 2.57. The van der Waals surface area contributed by atoms with E-state index in [1.807, 2.05) is 0 Å². The molecule has 3 heteroatoms. The molecule has 17 heavy (non-hydrogen) atoms. The van der Waals surface area contributed by atoms with Crippen LogP contribution in [0.1, 0.15) is 12.5 Å². The summed E-state index contributed by atoms with van der Waals surface area (Å²) in [5.74, 6) is 0. The van der Waals surface area contributed by atoms with Gasteiger partial charge in [0.2, 0.25) is 0 Å². The molecule has 88 valence electrons. The highest BCUT2D eigenvalue weighted by Gasteiger charge is 2.01. The first-order chi connectivity index (χ1) is 8.19. The number of hydrogen-bond donors (Lipinski definition) is 0. The van der Waals surface area contributed by atoms with Gasteiger partial charge in [0.05, 0.1) is 0 Å². The maximum absolute atomic E-state index is 3.52. The molecule has 0 nitrogen and oxygen atoms in total. The lowest BCUT2D eigenvalue weighted by Gasteiger charge is -2.04. The number of rotatable bonds is 3. The number of aryl methyl sites for hydroxylation is 1. The van der Waals surface area contributed by atoms with Gasteiger partial charge in [-0.3, -0.25) is 0 Å². The van der Waals surface area contributed by atoms with E-state index in [1.54, 1.807) is 11.8 Å². The Kier molecular flexibility index (Phi) is 4.94. The van der Waals surface area contributed by atoms with E-state index in [4.69, 9.17) is 0 Å². The van der Waals surface area contributed by atoms with Gasteiger partial charge in [0, 0.05) is 17.8 Å². The van der Waals surface area contributed by atoms with Crippen molar-refractivity contribution in [2.45, 2.75) is 23.1 Å². The molecule has 0 fully saturated rings. The summed E-state index contributed by atoms with van der Waals surface area (Å²) in [6.07, 6.45) is 1.10. The van der Waals surface area contributed by atoms with Crippen molar-refractivity contribution in [1.82, 2.24) is 0 Å². The van der Waals surface area contributed by atoms with E-state index in [2.05, 4.69) is 87.9 Å². The van der Waals surface area contributed by atoms with Crippen molar-refractivity contribution >= 4 is 50.3 Å². The van der Waals surface area contributed by atoms with E-state index < -0.39 is 0 Å². The van der Waals surface area contributed by atoms with Crippen molar-refractivity contribution in [3.8, 4) is 0 Å². The second-order valence-corrected chi connectivity index (χ2v) is 6.84. The molecule has 0 bridgehead atoms. The Morgan fingerprint density at radius 2 is 1.71 bits per heavy atom. The second-order valence-electron chi connectivity index (χ2n) is 3.68. The third-order valence-corrected chi connectivity index (χ3v) is 5.78. The fraction of sp³-hybridized carbons (Fsp3) is 0.143. The molecule has 0 saturated carbocycles. The molecule has 0 N–H and O–H groups in total. The van der Waals surface area contributed by atoms with Crippen LogP contribution in [0, 0.1) is 3.57 Å². The summed E-state index contributed by atoms with van der Waals surface area (Å²) in [7, 11) is 0. The molecule has 2 rings (SSSR count). The van der Waals surface area contributed by atoms with Gasteiger partial charge in [-0.05, 0) is 80.8 Å². The summed E-state index contributed by atoms with van der Waals surface area (Å²) in [6, 6.07) is 15.2. The average molecular weight is 419 g/mol. The molecule has 0 atom stereocenters. The van der Waals surface area contributed by atoms with E-state index >= 15 is 0 Å². The number of halogens is 2. The Morgan fingerprint density at radius 1 is 1.06 bits per heavy atom. The average Bonchev–Trinajstić information content (AvgIpc) is 2.35. The van der Waals surface area contributed by atoms with Crippen molar-refractivity contribution in [3.63, 3.8) is 0 Å². The molecular formula is C14H12BrIS. The van der Waals surface area contributed by atoms with Gasteiger partial charge in [0.1, 0.15) is 0 Å². The highest BCUT2D eigenvalue weighted by molar-refractivity contribution is 14.1. The molecule has 0 unspecified atom stereocenters. The predicted octanol–water partition coefficient (Wildman–Crippen LogP) is 5.77. The minimum Gasteiger partial charge on any atom is -0.0901 e. The van der Waals surface area contributed by atoms with Gasteiger partial charge in [-0.1, -0.05) is 30.8 Å². The van der Waals surface area contributed by atoms with Crippen LogP contribution < -0.4 is 0 Å². The largest absolute Gasteiger partial charge is 0.0901 e. The summed E-state index contributed by atoms with van der Waals surface area (Å²) in [5, 5.41) is 0. The van der Waals surface area contributed by atoms with E-state index in [0.717, 1.165) is 10.9 Å². The lowest BCUT2D eigenvalue weighted by molar-refractivity contribution is 1.13. The van der Waals surface area contributed by atoms with Gasteiger partial charge >= 0.3 is 0 Å². The molecule has 0 aliphatic rings. The smallest absolute Gasteiger partial charge is 0.0309 e. The zero-order valence-corrected chi connectivity index (χ0v) is 14.0. The maximum atomic E-state index is 3.52. The summed E-state index contributed by atoms with van der Waals surface area (Å²) in [5.41, 5.74) is 1.39. The predicted molar refractivity (Wildman–Crippen MR) is 86.8 cm³/mol. The van der Waals surface area contributed by atoms with Crippen molar-refractivity contribution in [3.05, 3.63) is 56.1 Å². The Hall–Kier alpha value is -0.000000000000000111. The Morgan fingerprint density at radius 3 is 2.29 bits per heavy atom. The first-order valence-electron chi connectivity index (χ1n) is 5.41. The van der Waals surface area contributed by atoms with Crippen LogP contribution in [0.3, 0.4) is 0 Å². The van der Waals surface area contributed by atoms with Crippen molar-refractivity contribution in [2.24, 2.45) is 0 Å². The molecule has 0 amide bonds. The SMILES string of the molecule is CCc1ccc(Sc2ccc(Br)c(I)c2)cc1. The summed E-state index contributed by atoms with van der Waals surface area (Å²) >= 11 is 7.66. The van der Waals surface area contributed by atoms with Crippen molar-refractivity contribution < 1.29 is 0 Å². The molecular weight excluding hydrogens is 407 g/mol. The fourth-order valence-corrected chi connectivity index (χ4v) is 3.30. The quantitative estimate of drug-likeness (QED) is 0.570. The topological polar surface area (TPSA) is 0 Å². The lowest BCUT2D eigenvalue weighted by Crippen LogP contribution is -1.80. The minimum atomic E-state index is 1.10. The van der Waals surface area contributed by atoms with Gasteiger partial charge < -0.3 is 0 Å². The summed E-state index contributed by atoms with van der Waals surface area (Å²) in [6.45, 7) is 2.18. The molecule has 0 spiro atoms. The van der Waals surface area contributed by atoms with Crippen LogP contribution in [0.25, 0.3) is 0 Å². The van der Waals surface area contributed by atoms with E-state index in [1.165, 1.54) is 18.9 Å². The Balaban J connectivity index is 2.16. The van der Waals surface area contributed by atoms with Gasteiger partial charge in [-0.2, -0.15) is 0 Å². The van der Waals surface area contributed by atoms with E-state index in [0.29, 0.717) is 0 Å². The van der Waals surface area contributed by atoms with Crippen LogP contribution in [-0.2, 0) is 6.42 Å². The van der Waals surface area contributed by atoms with Crippen LogP contribution in [-0.4, -0.2) is 0 Å². The minimum absolute atomic E-state index is 1.10. The molecule has 0 aliphatic carbocycles. The monoisotopic (exact) mass is 418 g/mol. The zero-order valence-electron chi connectivity index (χ0n) is 9.41. The van der Waals surface area contributed by atoms with Crippen molar-refractivity contribution in [1.29, 1.82) is 0 Å². The Labute approximate surface area is 128 Å². The van der Waals surface area contributed by atoms with Gasteiger partial charge in [-0.25, -0.2) is 0 Å². The molecule has 0 radical (unpaired) electrons. The number of benzene rings is 2. The van der Waals surface area contributed by atoms with Gasteiger partial charge in [0.15, 0.2) is 0 Å². The third kappa shape index (κ3) is 3.73. The van der Waals surface area contributed by atoms with Crippen LogP contribution in [0.5, 0.6) is 0 Å². The highest BCUT2D eigenvalue weighted by Crippen LogP contribution is 2.31. The molecule has 0 saturated heterocycles. The third-order valence-electron chi connectivity index (χ3n) is 2.46. The van der Waals surface area contributed by atoms with E-state index in [9.17, 15) is 0 Å². The second kappa shape index (κ2) is 6.25. The zero-order chi connectivity index (χ0) is 12.3. The number of hydrogen-bond acceptors (Lipinski definition) is 1. The van der Waals surface area contributed by atoms with E-state index in [-0.39, 0.29) is 0 Å². The first-order valence-corrected chi connectivity index (χ1v) is 8.09. The molecule has 2 aromatic rings. The van der Waals surface area contributed by atoms with Crippen LogP contribution in [0.4, 0.5) is 0 Å². The van der Waals surface area contributed by atoms with Crippen LogP contribution in [0.2, 0.25) is 0 Å². The summed E-state index contributed by atoms with van der Waals surface area (Å²) < 4.78 is 2.40. The van der Waals surface area contributed by atoms with Crippen LogP contribution in [0.15, 0.2) is 56.7 Å². The Bertz CT molecular complexity index is 508. The van der Waals surface area contributed by atoms with Crippen LogP contribution >= 0.6 is 50.3 Å².